The van der Waals surface area contributed by atoms with Crippen molar-refractivity contribution in [2.75, 3.05) is 5.32 Å². The van der Waals surface area contributed by atoms with E-state index in [2.05, 4.69) is 46.6 Å². The Morgan fingerprint density at radius 1 is 1.08 bits per heavy atom. The molecule has 0 aliphatic heterocycles. The predicted octanol–water partition coefficient (Wildman–Crippen LogP) is 4.04. The molecule has 0 fully saturated rings. The van der Waals surface area contributed by atoms with Crippen LogP contribution in [-0.4, -0.2) is 15.7 Å². The molecule has 3 rings (SSSR count). The molecule has 3 aromatic rings. The summed E-state index contributed by atoms with van der Waals surface area (Å²) in [7, 11) is 0. The minimum atomic E-state index is 0. The molecule has 26 heavy (non-hydrogen) atoms. The van der Waals surface area contributed by atoms with E-state index >= 15 is 0 Å². The lowest BCUT2D eigenvalue weighted by atomic mass is 10.1. The van der Waals surface area contributed by atoms with Crippen LogP contribution in [0.25, 0.3) is 0 Å². The Kier molecular flexibility index (Phi) is 7.65. The van der Waals surface area contributed by atoms with Gasteiger partial charge < -0.3 is 11.1 Å². The highest BCUT2D eigenvalue weighted by molar-refractivity contribution is 14.0. The van der Waals surface area contributed by atoms with Crippen LogP contribution < -0.4 is 11.1 Å². The molecule has 0 aliphatic carbocycles. The van der Waals surface area contributed by atoms with Crippen molar-refractivity contribution < 1.29 is 0 Å². The van der Waals surface area contributed by atoms with Crippen LogP contribution in [-0.2, 0) is 19.5 Å². The van der Waals surface area contributed by atoms with Crippen LogP contribution in [0.2, 0.25) is 0 Å². The molecule has 0 saturated carbocycles. The van der Waals surface area contributed by atoms with Crippen molar-refractivity contribution in [2.24, 2.45) is 10.7 Å². The van der Waals surface area contributed by atoms with E-state index in [1.807, 2.05) is 47.4 Å². The van der Waals surface area contributed by atoms with Gasteiger partial charge in [-0.3, -0.25) is 4.68 Å². The number of aliphatic imine (C=N–C) groups is 1. The minimum absolute atomic E-state index is 0. The monoisotopic (exact) mass is 461 g/mol. The summed E-state index contributed by atoms with van der Waals surface area (Å²) in [6, 6.07) is 18.4. The Morgan fingerprint density at radius 3 is 2.62 bits per heavy atom. The number of nitrogens with two attached hydrogens (primary N) is 1. The summed E-state index contributed by atoms with van der Waals surface area (Å²) < 4.78 is 1.91. The van der Waals surface area contributed by atoms with Crippen LogP contribution in [0.5, 0.6) is 0 Å². The van der Waals surface area contributed by atoms with Gasteiger partial charge in [0.25, 0.3) is 0 Å². The molecule has 0 amide bonds. The van der Waals surface area contributed by atoms with Crippen LogP contribution in [0.3, 0.4) is 0 Å². The van der Waals surface area contributed by atoms with Crippen molar-refractivity contribution in [3.05, 3.63) is 83.7 Å². The highest BCUT2D eigenvalue weighted by Gasteiger charge is 2.01. The van der Waals surface area contributed by atoms with E-state index in [0.29, 0.717) is 12.5 Å². The average Bonchev–Trinajstić information content (AvgIpc) is 3.08. The van der Waals surface area contributed by atoms with Gasteiger partial charge in [-0.1, -0.05) is 49.4 Å². The van der Waals surface area contributed by atoms with Crippen molar-refractivity contribution in [2.45, 2.75) is 26.4 Å². The second kappa shape index (κ2) is 9.96. The third kappa shape index (κ3) is 5.87. The van der Waals surface area contributed by atoms with Crippen molar-refractivity contribution in [1.29, 1.82) is 0 Å². The summed E-state index contributed by atoms with van der Waals surface area (Å²) in [4.78, 5) is 4.40. The van der Waals surface area contributed by atoms with Gasteiger partial charge >= 0.3 is 0 Å². The number of rotatable bonds is 6. The summed E-state index contributed by atoms with van der Waals surface area (Å²) in [6.45, 7) is 3.38. The number of guanidine groups is 1. The van der Waals surface area contributed by atoms with Gasteiger partial charge in [-0.05, 0) is 29.7 Å². The molecular formula is C20H24IN5. The normalized spacial score (nSPS) is 11.0. The number of aromatic nitrogens is 2. The van der Waals surface area contributed by atoms with Crippen molar-refractivity contribution in [1.82, 2.24) is 9.78 Å². The number of anilines is 1. The van der Waals surface area contributed by atoms with Gasteiger partial charge in [0.15, 0.2) is 5.96 Å². The quantitative estimate of drug-likeness (QED) is 0.331. The molecule has 5 nitrogen and oxygen atoms in total. The molecule has 0 unspecified atom stereocenters. The molecule has 3 N–H and O–H groups in total. The molecule has 6 heteroatoms. The summed E-state index contributed by atoms with van der Waals surface area (Å²) in [5.41, 5.74) is 10.5. The molecule has 0 saturated heterocycles. The van der Waals surface area contributed by atoms with Crippen molar-refractivity contribution in [3.63, 3.8) is 0 Å². The van der Waals surface area contributed by atoms with Gasteiger partial charge in [0.05, 0.1) is 19.3 Å². The Labute approximate surface area is 171 Å². The SMILES string of the molecule is CCc1cccc(NC(N)=NCc2cnn(Cc3ccccc3)c2)c1.I. The molecule has 0 radical (unpaired) electrons. The Balaban J connectivity index is 0.00000243. The summed E-state index contributed by atoms with van der Waals surface area (Å²) in [5, 5.41) is 7.52. The molecule has 0 spiro atoms. The molecule has 1 heterocycles. The lowest BCUT2D eigenvalue weighted by Crippen LogP contribution is -2.22. The topological polar surface area (TPSA) is 68.2 Å². The smallest absolute Gasteiger partial charge is 0.193 e. The van der Waals surface area contributed by atoms with Gasteiger partial charge in [-0.15, -0.1) is 24.0 Å². The van der Waals surface area contributed by atoms with Gasteiger partial charge in [0.2, 0.25) is 0 Å². The predicted molar refractivity (Wildman–Crippen MR) is 118 cm³/mol. The zero-order valence-corrected chi connectivity index (χ0v) is 17.1. The Hall–Kier alpha value is -2.35. The van der Waals surface area contributed by atoms with E-state index in [4.69, 9.17) is 5.73 Å². The first-order valence-corrected chi connectivity index (χ1v) is 8.44. The Bertz CT molecular complexity index is 842. The lowest BCUT2D eigenvalue weighted by Gasteiger charge is -2.06. The van der Waals surface area contributed by atoms with E-state index in [9.17, 15) is 0 Å². The fourth-order valence-corrected chi connectivity index (χ4v) is 2.58. The summed E-state index contributed by atoms with van der Waals surface area (Å²) in [6.07, 6.45) is 4.83. The maximum Gasteiger partial charge on any atom is 0.193 e. The Morgan fingerprint density at radius 2 is 1.85 bits per heavy atom. The largest absolute Gasteiger partial charge is 0.370 e. The lowest BCUT2D eigenvalue weighted by molar-refractivity contribution is 0.686. The van der Waals surface area contributed by atoms with E-state index in [-0.39, 0.29) is 24.0 Å². The average molecular weight is 461 g/mol. The number of hydrogen-bond donors (Lipinski definition) is 2. The summed E-state index contributed by atoms with van der Waals surface area (Å²) in [5.74, 6) is 0.407. The zero-order valence-electron chi connectivity index (χ0n) is 14.8. The van der Waals surface area contributed by atoms with Crippen LogP contribution in [0.4, 0.5) is 5.69 Å². The molecular weight excluding hydrogens is 437 g/mol. The van der Waals surface area contributed by atoms with Gasteiger partial charge in [0, 0.05) is 17.4 Å². The van der Waals surface area contributed by atoms with Crippen LogP contribution in [0.15, 0.2) is 72.0 Å². The third-order valence-electron chi connectivity index (χ3n) is 3.91. The van der Waals surface area contributed by atoms with Crippen LogP contribution in [0.1, 0.15) is 23.6 Å². The second-order valence-electron chi connectivity index (χ2n) is 5.91. The fraction of sp³-hybridized carbons (Fsp3) is 0.200. The van der Waals surface area contributed by atoms with E-state index in [0.717, 1.165) is 24.2 Å². The maximum atomic E-state index is 5.99. The number of benzene rings is 2. The van der Waals surface area contributed by atoms with E-state index in [1.54, 1.807) is 0 Å². The molecule has 2 aromatic carbocycles. The summed E-state index contributed by atoms with van der Waals surface area (Å²) >= 11 is 0. The first-order chi connectivity index (χ1) is 12.2. The van der Waals surface area contributed by atoms with E-state index < -0.39 is 0 Å². The van der Waals surface area contributed by atoms with Crippen LogP contribution in [0, 0.1) is 0 Å². The number of nitrogens with zero attached hydrogens (tertiary/aromatic N) is 3. The van der Waals surface area contributed by atoms with E-state index in [1.165, 1.54) is 11.1 Å². The number of hydrogen-bond acceptors (Lipinski definition) is 2. The van der Waals surface area contributed by atoms with Crippen molar-refractivity contribution in [3.8, 4) is 0 Å². The van der Waals surface area contributed by atoms with Gasteiger partial charge in [0.1, 0.15) is 0 Å². The molecule has 0 aliphatic rings. The fourth-order valence-electron chi connectivity index (χ4n) is 2.58. The van der Waals surface area contributed by atoms with Crippen molar-refractivity contribution >= 4 is 35.6 Å². The number of halogens is 1. The highest BCUT2D eigenvalue weighted by Crippen LogP contribution is 2.11. The molecule has 136 valence electrons. The zero-order chi connectivity index (χ0) is 17.5. The third-order valence-corrected chi connectivity index (χ3v) is 3.91. The molecule has 0 atom stereocenters. The first-order valence-electron chi connectivity index (χ1n) is 8.44. The first kappa shape index (κ1) is 20.0. The standard InChI is InChI=1S/C20H23N5.HI/c1-2-16-9-6-10-19(11-16)24-20(21)22-12-18-13-23-25(15-18)14-17-7-4-3-5-8-17;/h3-11,13,15H,2,12,14H2,1H3,(H3,21,22,24);1H. The molecule has 1 aromatic heterocycles. The van der Waals surface area contributed by atoms with Crippen LogP contribution >= 0.6 is 24.0 Å². The van der Waals surface area contributed by atoms with Gasteiger partial charge in [-0.2, -0.15) is 5.10 Å². The second-order valence-corrected chi connectivity index (χ2v) is 5.91. The molecule has 0 bridgehead atoms. The minimum Gasteiger partial charge on any atom is -0.370 e. The van der Waals surface area contributed by atoms with Gasteiger partial charge in [-0.25, -0.2) is 4.99 Å². The number of nitrogens with one attached hydrogen (secondary N) is 1. The number of aryl methyl sites for hydroxylation is 1. The maximum absolute atomic E-state index is 5.99. The highest BCUT2D eigenvalue weighted by atomic mass is 127.